The zero-order chi connectivity index (χ0) is 33.5. The quantitative estimate of drug-likeness (QED) is 0.134. The van der Waals surface area contributed by atoms with Crippen LogP contribution in [0.2, 0.25) is 0 Å². The molecule has 0 radical (unpaired) electrons. The number of methoxy groups -OCH3 is 1. The molecule has 0 aliphatic carbocycles. The Hall–Kier alpha value is -3.89. The summed E-state index contributed by atoms with van der Waals surface area (Å²) in [5.74, 6) is -1.90. The normalized spacial score (nSPS) is 15.8. The van der Waals surface area contributed by atoms with Gasteiger partial charge in [0.25, 0.3) is 0 Å². The second-order valence-electron chi connectivity index (χ2n) is 12.7. The van der Waals surface area contributed by atoms with Gasteiger partial charge in [-0.1, -0.05) is 77.5 Å². The molecule has 1 fully saturated rings. The van der Waals surface area contributed by atoms with Crippen LogP contribution in [-0.2, 0) is 35.1 Å². The number of amides is 4. The highest BCUT2D eigenvalue weighted by atomic mass is 16.5. The molecule has 4 amide bonds. The monoisotopic (exact) mass is 639 g/mol. The average Bonchev–Trinajstić information content (AvgIpc) is 3.70. The second kappa shape index (κ2) is 18.9. The highest BCUT2D eigenvalue weighted by molar-refractivity contribution is 5.95. The van der Waals surface area contributed by atoms with Crippen molar-refractivity contribution in [3.8, 4) is 0 Å². The van der Waals surface area contributed by atoms with Crippen LogP contribution in [0.1, 0.15) is 97.0 Å². The molecule has 3 rings (SSSR count). The van der Waals surface area contributed by atoms with Gasteiger partial charge in [0, 0.05) is 36.5 Å². The van der Waals surface area contributed by atoms with E-state index in [4.69, 9.17) is 4.74 Å². The number of likely N-dealkylation sites (tertiary alicyclic amines) is 1. The summed E-state index contributed by atoms with van der Waals surface area (Å²) in [6, 6.07) is 5.03. The van der Waals surface area contributed by atoms with Gasteiger partial charge in [0.1, 0.15) is 18.1 Å². The number of H-pyrrole nitrogens is 1. The topological polar surface area (TPSA) is 150 Å². The van der Waals surface area contributed by atoms with Gasteiger partial charge in [-0.25, -0.2) is 4.79 Å². The summed E-state index contributed by atoms with van der Waals surface area (Å²) in [6.45, 7) is 6.29. The third-order valence-electron chi connectivity index (χ3n) is 8.56. The van der Waals surface area contributed by atoms with Crippen LogP contribution in [0.15, 0.2) is 30.5 Å². The van der Waals surface area contributed by atoms with Crippen molar-refractivity contribution in [2.45, 2.75) is 116 Å². The third kappa shape index (κ3) is 11.2. The summed E-state index contributed by atoms with van der Waals surface area (Å²) in [4.78, 5) is 70.0. The Kier molecular flexibility index (Phi) is 15.1. The second-order valence-corrected chi connectivity index (χ2v) is 12.7. The number of carbonyl (C=O) groups is 5. The molecular formula is C35H53N5O6. The number of hydrogen-bond donors (Lipinski definition) is 4. The molecule has 11 nitrogen and oxygen atoms in total. The maximum Gasteiger partial charge on any atom is 0.328 e. The van der Waals surface area contributed by atoms with Crippen molar-refractivity contribution in [1.82, 2.24) is 25.8 Å². The molecule has 46 heavy (non-hydrogen) atoms. The van der Waals surface area contributed by atoms with E-state index in [1.54, 1.807) is 0 Å². The lowest BCUT2D eigenvalue weighted by Gasteiger charge is -2.27. The molecule has 1 saturated heterocycles. The summed E-state index contributed by atoms with van der Waals surface area (Å²) in [5.41, 5.74) is 1.73. The minimum atomic E-state index is -1.01. The first-order valence-electron chi connectivity index (χ1n) is 16.9. The summed E-state index contributed by atoms with van der Waals surface area (Å²) >= 11 is 0. The van der Waals surface area contributed by atoms with Crippen molar-refractivity contribution in [2.75, 3.05) is 20.2 Å². The van der Waals surface area contributed by atoms with E-state index in [1.165, 1.54) is 37.7 Å². The van der Waals surface area contributed by atoms with Gasteiger partial charge in [-0.3, -0.25) is 19.2 Å². The maximum absolute atomic E-state index is 13.7. The Morgan fingerprint density at radius 2 is 1.70 bits per heavy atom. The average molecular weight is 640 g/mol. The Labute approximate surface area is 273 Å². The molecule has 1 aliphatic heterocycles. The van der Waals surface area contributed by atoms with Crippen LogP contribution in [0.25, 0.3) is 10.9 Å². The molecular weight excluding hydrogens is 586 g/mol. The van der Waals surface area contributed by atoms with Crippen molar-refractivity contribution in [1.29, 1.82) is 0 Å². The van der Waals surface area contributed by atoms with Crippen molar-refractivity contribution in [2.24, 2.45) is 5.92 Å². The molecule has 2 heterocycles. The number of aromatic amines is 1. The van der Waals surface area contributed by atoms with Crippen LogP contribution in [-0.4, -0.2) is 77.8 Å². The highest BCUT2D eigenvalue weighted by Crippen LogP contribution is 2.21. The van der Waals surface area contributed by atoms with E-state index < -0.39 is 35.9 Å². The molecule has 1 aromatic carbocycles. The van der Waals surface area contributed by atoms with Gasteiger partial charge >= 0.3 is 5.97 Å². The maximum atomic E-state index is 13.7. The van der Waals surface area contributed by atoms with Crippen LogP contribution in [0.3, 0.4) is 0 Å². The number of para-hydroxylation sites is 1. The number of hydrogen-bond acceptors (Lipinski definition) is 6. The summed E-state index contributed by atoms with van der Waals surface area (Å²) in [6.07, 6.45) is 11.5. The van der Waals surface area contributed by atoms with Gasteiger partial charge < -0.3 is 30.6 Å². The molecule has 1 aromatic heterocycles. The molecule has 0 saturated carbocycles. The largest absolute Gasteiger partial charge is 0.467 e. The van der Waals surface area contributed by atoms with Crippen LogP contribution in [0.5, 0.6) is 0 Å². The summed E-state index contributed by atoms with van der Waals surface area (Å²) in [5, 5.41) is 9.31. The molecule has 11 heteroatoms. The third-order valence-corrected chi connectivity index (χ3v) is 8.56. The lowest BCUT2D eigenvalue weighted by Crippen LogP contribution is -2.56. The van der Waals surface area contributed by atoms with Gasteiger partial charge in [-0.15, -0.1) is 0 Å². The van der Waals surface area contributed by atoms with Gasteiger partial charge in [0.15, 0.2) is 0 Å². The van der Waals surface area contributed by atoms with Crippen LogP contribution >= 0.6 is 0 Å². The SMILES string of the molecule is CCCCCCCCCC(=O)NCC(=O)N1CCC[C@@H]1C(=O)N[C@H](Cc1c[nH]c2ccccc12)C(=O)N[C@H](CC(C)C)C(=O)OC. The smallest absolute Gasteiger partial charge is 0.328 e. The number of esters is 1. The standard InChI is InChI=1S/C35H53N5O6/c1-5-6-7-8-9-10-11-18-31(41)37-23-32(42)40-19-14-17-30(40)34(44)38-28(21-25-22-36-27-16-13-12-15-26(25)27)33(43)39-29(20-24(2)3)35(45)46-4/h12-13,15-16,22,24,28-30,36H,5-11,14,17-21,23H2,1-4H3,(H,37,41)(H,38,44)(H,39,43)/t28-,29-,30-/m1/s1. The number of rotatable bonds is 19. The fourth-order valence-corrected chi connectivity index (χ4v) is 6.04. The van der Waals surface area contributed by atoms with E-state index in [9.17, 15) is 24.0 Å². The van der Waals surface area contributed by atoms with Gasteiger partial charge in [-0.2, -0.15) is 0 Å². The molecule has 0 unspecified atom stereocenters. The molecule has 3 atom stereocenters. The van der Waals surface area contributed by atoms with Crippen molar-refractivity contribution >= 4 is 40.5 Å². The van der Waals surface area contributed by atoms with E-state index in [1.807, 2.05) is 44.3 Å². The lowest BCUT2D eigenvalue weighted by atomic mass is 10.0. The predicted octanol–water partition coefficient (Wildman–Crippen LogP) is 4.15. The Balaban J connectivity index is 1.64. The minimum Gasteiger partial charge on any atom is -0.467 e. The Morgan fingerprint density at radius 1 is 0.978 bits per heavy atom. The predicted molar refractivity (Wildman–Crippen MR) is 178 cm³/mol. The number of carbonyl (C=O) groups excluding carboxylic acids is 5. The van der Waals surface area contributed by atoms with Crippen molar-refractivity contribution in [3.05, 3.63) is 36.0 Å². The molecule has 2 aromatic rings. The highest BCUT2D eigenvalue weighted by Gasteiger charge is 2.36. The van der Waals surface area contributed by atoms with Crippen molar-refractivity contribution in [3.63, 3.8) is 0 Å². The fraction of sp³-hybridized carbons (Fsp3) is 0.629. The van der Waals surface area contributed by atoms with Gasteiger partial charge in [0.2, 0.25) is 23.6 Å². The molecule has 4 N–H and O–H groups in total. The number of fused-ring (bicyclic) bond motifs is 1. The number of aromatic nitrogens is 1. The van der Waals surface area contributed by atoms with Crippen LogP contribution < -0.4 is 16.0 Å². The molecule has 0 spiro atoms. The first-order chi connectivity index (χ1) is 22.1. The number of nitrogens with zero attached hydrogens (tertiary/aromatic N) is 1. The lowest BCUT2D eigenvalue weighted by molar-refractivity contribution is -0.146. The first-order valence-corrected chi connectivity index (χ1v) is 16.9. The Morgan fingerprint density at radius 3 is 2.41 bits per heavy atom. The zero-order valence-corrected chi connectivity index (χ0v) is 28.0. The van der Waals surface area contributed by atoms with E-state index in [0.717, 1.165) is 35.7 Å². The zero-order valence-electron chi connectivity index (χ0n) is 28.0. The van der Waals surface area contributed by atoms with Crippen LogP contribution in [0.4, 0.5) is 0 Å². The summed E-state index contributed by atoms with van der Waals surface area (Å²) in [7, 11) is 1.27. The number of benzene rings is 1. The first kappa shape index (κ1) is 36.6. The fourth-order valence-electron chi connectivity index (χ4n) is 6.04. The molecule has 0 bridgehead atoms. The molecule has 1 aliphatic rings. The van der Waals surface area contributed by atoms with Gasteiger partial charge in [0.05, 0.1) is 13.7 Å². The van der Waals surface area contributed by atoms with Gasteiger partial charge in [-0.05, 0) is 43.2 Å². The van der Waals surface area contributed by atoms with Crippen LogP contribution in [0, 0.1) is 5.92 Å². The van der Waals surface area contributed by atoms with Crippen molar-refractivity contribution < 1.29 is 28.7 Å². The number of unbranched alkanes of at least 4 members (excludes halogenated alkanes) is 6. The minimum absolute atomic E-state index is 0.111. The van der Waals surface area contributed by atoms with E-state index in [-0.39, 0.29) is 30.7 Å². The molecule has 254 valence electrons. The van der Waals surface area contributed by atoms with E-state index >= 15 is 0 Å². The Bertz CT molecular complexity index is 1310. The van der Waals surface area contributed by atoms with E-state index in [2.05, 4.69) is 27.9 Å². The van der Waals surface area contributed by atoms with E-state index in [0.29, 0.717) is 32.2 Å². The number of nitrogens with one attached hydrogen (secondary N) is 4. The summed E-state index contributed by atoms with van der Waals surface area (Å²) < 4.78 is 4.93. The number of ether oxygens (including phenoxy) is 1.